The molecule has 0 spiro atoms. The molecule has 0 radical (unpaired) electrons. The fourth-order valence-electron chi connectivity index (χ4n) is 1.75. The summed E-state index contributed by atoms with van der Waals surface area (Å²) < 4.78 is 14.0. The average Bonchev–Trinajstić information content (AvgIpc) is 2.48. The Labute approximate surface area is 131 Å². The van der Waals surface area contributed by atoms with E-state index in [0.29, 0.717) is 17.9 Å². The molecule has 0 aliphatic rings. The van der Waals surface area contributed by atoms with E-state index in [9.17, 15) is 9.18 Å². The molecule has 4 nitrogen and oxygen atoms in total. The van der Waals surface area contributed by atoms with E-state index in [0.717, 1.165) is 10.0 Å². The summed E-state index contributed by atoms with van der Waals surface area (Å²) in [6.07, 6.45) is 1.52. The van der Waals surface area contributed by atoms with E-state index < -0.39 is 0 Å². The van der Waals surface area contributed by atoms with Crippen LogP contribution in [-0.2, 0) is 6.54 Å². The first-order valence-corrected chi connectivity index (χ1v) is 7.12. The first-order valence-electron chi connectivity index (χ1n) is 6.33. The number of amides is 1. The molecule has 1 amide bonds. The standard InChI is InChI=1S/C15H15BrFN3O/c1-20(2)15(21)10-3-6-14(18-8-10)19-9-11-7-12(17)4-5-13(11)16/h3-8H,9H2,1-2H3,(H,18,19). The third-order valence-electron chi connectivity index (χ3n) is 2.88. The predicted molar refractivity (Wildman–Crippen MR) is 83.7 cm³/mol. The lowest BCUT2D eigenvalue weighted by atomic mass is 10.2. The van der Waals surface area contributed by atoms with Crippen molar-refractivity contribution in [3.05, 3.63) is 57.9 Å². The van der Waals surface area contributed by atoms with Crippen molar-refractivity contribution in [2.75, 3.05) is 19.4 Å². The van der Waals surface area contributed by atoms with Crippen molar-refractivity contribution in [3.63, 3.8) is 0 Å². The first-order chi connectivity index (χ1) is 9.97. The molecule has 1 N–H and O–H groups in total. The Morgan fingerprint density at radius 1 is 1.33 bits per heavy atom. The van der Waals surface area contributed by atoms with E-state index in [4.69, 9.17) is 0 Å². The summed E-state index contributed by atoms with van der Waals surface area (Å²) in [6.45, 7) is 0.437. The summed E-state index contributed by atoms with van der Waals surface area (Å²) in [5, 5.41) is 3.09. The Kier molecular flexibility index (Phi) is 4.90. The van der Waals surface area contributed by atoms with Gasteiger partial charge in [0, 0.05) is 31.3 Å². The van der Waals surface area contributed by atoms with Crippen LogP contribution in [0.4, 0.5) is 10.2 Å². The van der Waals surface area contributed by atoms with Gasteiger partial charge in [-0.25, -0.2) is 9.37 Å². The minimum Gasteiger partial charge on any atom is -0.366 e. The number of rotatable bonds is 4. The molecule has 0 fully saturated rings. The highest BCUT2D eigenvalue weighted by molar-refractivity contribution is 9.10. The van der Waals surface area contributed by atoms with Gasteiger partial charge in [0.1, 0.15) is 11.6 Å². The van der Waals surface area contributed by atoms with Crippen LogP contribution < -0.4 is 5.32 Å². The van der Waals surface area contributed by atoms with Crippen molar-refractivity contribution >= 4 is 27.7 Å². The first kappa shape index (κ1) is 15.4. The normalized spacial score (nSPS) is 10.3. The molecule has 110 valence electrons. The van der Waals surface area contributed by atoms with Crippen molar-refractivity contribution in [1.29, 1.82) is 0 Å². The SMILES string of the molecule is CN(C)C(=O)c1ccc(NCc2cc(F)ccc2Br)nc1. The van der Waals surface area contributed by atoms with Gasteiger partial charge >= 0.3 is 0 Å². The molecule has 0 atom stereocenters. The molecule has 0 saturated carbocycles. The second-order valence-corrected chi connectivity index (χ2v) is 5.58. The zero-order chi connectivity index (χ0) is 15.4. The van der Waals surface area contributed by atoms with Gasteiger partial charge in [-0.3, -0.25) is 4.79 Å². The number of anilines is 1. The van der Waals surface area contributed by atoms with E-state index in [-0.39, 0.29) is 11.7 Å². The number of pyridine rings is 1. The quantitative estimate of drug-likeness (QED) is 0.919. The summed E-state index contributed by atoms with van der Waals surface area (Å²) in [4.78, 5) is 17.4. The average molecular weight is 352 g/mol. The van der Waals surface area contributed by atoms with Crippen LogP contribution >= 0.6 is 15.9 Å². The molecular weight excluding hydrogens is 337 g/mol. The molecular formula is C15H15BrFN3O. The van der Waals surface area contributed by atoms with Crippen molar-refractivity contribution in [3.8, 4) is 0 Å². The Bertz CT molecular complexity index is 644. The van der Waals surface area contributed by atoms with Crippen LogP contribution in [0.25, 0.3) is 0 Å². The number of carbonyl (C=O) groups excluding carboxylic acids is 1. The fourth-order valence-corrected chi connectivity index (χ4v) is 2.13. The van der Waals surface area contributed by atoms with E-state index in [1.165, 1.54) is 23.2 Å². The molecule has 1 aromatic carbocycles. The molecule has 0 unspecified atom stereocenters. The van der Waals surface area contributed by atoms with Gasteiger partial charge in [-0.05, 0) is 35.9 Å². The monoisotopic (exact) mass is 351 g/mol. The van der Waals surface area contributed by atoms with Crippen LogP contribution in [-0.4, -0.2) is 29.9 Å². The highest BCUT2D eigenvalue weighted by Gasteiger charge is 2.08. The van der Waals surface area contributed by atoms with Crippen molar-refractivity contribution < 1.29 is 9.18 Å². The molecule has 0 saturated heterocycles. The van der Waals surface area contributed by atoms with Crippen LogP contribution in [0.5, 0.6) is 0 Å². The lowest BCUT2D eigenvalue weighted by Crippen LogP contribution is -2.21. The second-order valence-electron chi connectivity index (χ2n) is 4.72. The van der Waals surface area contributed by atoms with Crippen molar-refractivity contribution in [1.82, 2.24) is 9.88 Å². The van der Waals surface area contributed by atoms with Crippen LogP contribution in [0.2, 0.25) is 0 Å². The lowest BCUT2D eigenvalue weighted by Gasteiger charge is -2.11. The zero-order valence-corrected chi connectivity index (χ0v) is 13.3. The number of aromatic nitrogens is 1. The highest BCUT2D eigenvalue weighted by Crippen LogP contribution is 2.19. The van der Waals surface area contributed by atoms with Gasteiger partial charge in [-0.2, -0.15) is 0 Å². The summed E-state index contributed by atoms with van der Waals surface area (Å²) in [6, 6.07) is 7.95. The van der Waals surface area contributed by atoms with Gasteiger partial charge in [0.15, 0.2) is 0 Å². The maximum absolute atomic E-state index is 13.2. The maximum Gasteiger partial charge on any atom is 0.254 e. The van der Waals surface area contributed by atoms with Gasteiger partial charge < -0.3 is 10.2 Å². The van der Waals surface area contributed by atoms with Crippen molar-refractivity contribution in [2.24, 2.45) is 0 Å². The van der Waals surface area contributed by atoms with Crippen LogP contribution in [0.3, 0.4) is 0 Å². The molecule has 0 aliphatic heterocycles. The summed E-state index contributed by atoms with van der Waals surface area (Å²) in [5.41, 5.74) is 1.32. The van der Waals surface area contributed by atoms with E-state index in [1.54, 1.807) is 32.3 Å². The predicted octanol–water partition coefficient (Wildman–Crippen LogP) is 3.30. The molecule has 0 aliphatic carbocycles. The lowest BCUT2D eigenvalue weighted by molar-refractivity contribution is 0.0827. The topological polar surface area (TPSA) is 45.2 Å². The molecule has 21 heavy (non-hydrogen) atoms. The minimum absolute atomic E-state index is 0.0954. The second kappa shape index (κ2) is 6.67. The number of hydrogen-bond acceptors (Lipinski definition) is 3. The molecule has 2 aromatic rings. The third kappa shape index (κ3) is 4.01. The molecule has 6 heteroatoms. The van der Waals surface area contributed by atoms with E-state index in [1.807, 2.05) is 0 Å². The van der Waals surface area contributed by atoms with Crippen molar-refractivity contribution in [2.45, 2.75) is 6.54 Å². The molecule has 1 heterocycles. The summed E-state index contributed by atoms with van der Waals surface area (Å²) in [5.74, 6) is 0.248. The van der Waals surface area contributed by atoms with Gasteiger partial charge in [-0.15, -0.1) is 0 Å². The highest BCUT2D eigenvalue weighted by atomic mass is 79.9. The number of benzene rings is 1. The fraction of sp³-hybridized carbons (Fsp3) is 0.200. The third-order valence-corrected chi connectivity index (χ3v) is 3.66. The summed E-state index contributed by atoms with van der Waals surface area (Å²) in [7, 11) is 3.38. The van der Waals surface area contributed by atoms with Gasteiger partial charge in [0.2, 0.25) is 0 Å². The Balaban J connectivity index is 2.04. The Morgan fingerprint density at radius 2 is 2.10 bits per heavy atom. The maximum atomic E-state index is 13.2. The van der Waals surface area contributed by atoms with Gasteiger partial charge in [0.25, 0.3) is 5.91 Å². The zero-order valence-electron chi connectivity index (χ0n) is 11.7. The number of hydrogen-bond donors (Lipinski definition) is 1. The number of nitrogens with one attached hydrogen (secondary N) is 1. The minimum atomic E-state index is -0.283. The van der Waals surface area contributed by atoms with E-state index in [2.05, 4.69) is 26.2 Å². The number of halogens is 2. The van der Waals surface area contributed by atoms with Crippen LogP contribution in [0.1, 0.15) is 15.9 Å². The molecule has 1 aromatic heterocycles. The van der Waals surface area contributed by atoms with Crippen LogP contribution in [0, 0.1) is 5.82 Å². The largest absolute Gasteiger partial charge is 0.366 e. The van der Waals surface area contributed by atoms with Gasteiger partial charge in [-0.1, -0.05) is 15.9 Å². The summed E-state index contributed by atoms with van der Waals surface area (Å²) >= 11 is 3.37. The Morgan fingerprint density at radius 3 is 2.71 bits per heavy atom. The molecule has 2 rings (SSSR count). The van der Waals surface area contributed by atoms with E-state index >= 15 is 0 Å². The van der Waals surface area contributed by atoms with Crippen LogP contribution in [0.15, 0.2) is 41.0 Å². The number of carbonyl (C=O) groups is 1. The Hall–Kier alpha value is -1.95. The number of nitrogens with zero attached hydrogens (tertiary/aromatic N) is 2. The smallest absolute Gasteiger partial charge is 0.254 e. The molecule has 0 bridgehead atoms. The van der Waals surface area contributed by atoms with Gasteiger partial charge in [0.05, 0.1) is 5.56 Å².